The molecule has 0 aromatic rings. The molecule has 4 unspecified atom stereocenters. The molecule has 0 radical (unpaired) electrons. The second-order valence-corrected chi connectivity index (χ2v) is 8.15. The van der Waals surface area contributed by atoms with Crippen LogP contribution in [0, 0.1) is 16.7 Å². The van der Waals surface area contributed by atoms with E-state index in [1.165, 1.54) is 25.7 Å². The Balaban J connectivity index is 0.00000182. The number of aliphatic hydroxyl groups excluding tert-OH is 1. The summed E-state index contributed by atoms with van der Waals surface area (Å²) in [5.74, 6) is 1.53. The maximum Gasteiger partial charge on any atom is 0.191 e. The van der Waals surface area contributed by atoms with Gasteiger partial charge in [-0.2, -0.15) is 0 Å². The number of aliphatic hydroxyl groups is 1. The molecular formula is C18H32IN3O3. The van der Waals surface area contributed by atoms with Crippen LogP contribution in [-0.4, -0.2) is 63.2 Å². The van der Waals surface area contributed by atoms with Gasteiger partial charge < -0.3 is 25.2 Å². The minimum Gasteiger partial charge on any atom is -0.396 e. The van der Waals surface area contributed by atoms with Gasteiger partial charge in [0.2, 0.25) is 0 Å². The summed E-state index contributed by atoms with van der Waals surface area (Å²) in [5.41, 5.74) is 0.400. The van der Waals surface area contributed by atoms with Crippen LogP contribution in [-0.2, 0) is 9.47 Å². The standard InChI is InChI=1S/C18H31N3O3.HI/c1-19-16(20-11-17(6-8-22)7-10-23-12-17)21-14-13-3-9-24-15(13)18(14)4-2-5-18;/h13-15,22H,2-12H2,1H3,(H2,19,20,21);1H. The highest BCUT2D eigenvalue weighted by Crippen LogP contribution is 2.62. The molecule has 4 fully saturated rings. The number of nitrogens with zero attached hydrogens (tertiary/aromatic N) is 1. The molecule has 25 heavy (non-hydrogen) atoms. The van der Waals surface area contributed by atoms with Crippen LogP contribution in [0.25, 0.3) is 0 Å². The van der Waals surface area contributed by atoms with E-state index in [1.54, 1.807) is 0 Å². The minimum atomic E-state index is 0. The third-order valence-corrected chi connectivity index (χ3v) is 7.01. The predicted molar refractivity (Wildman–Crippen MR) is 107 cm³/mol. The van der Waals surface area contributed by atoms with Crippen LogP contribution in [0.4, 0.5) is 0 Å². The fraction of sp³-hybridized carbons (Fsp3) is 0.944. The van der Waals surface area contributed by atoms with Gasteiger partial charge in [0, 0.05) is 56.2 Å². The van der Waals surface area contributed by atoms with Gasteiger partial charge in [-0.15, -0.1) is 24.0 Å². The van der Waals surface area contributed by atoms with E-state index in [9.17, 15) is 5.11 Å². The molecule has 6 nitrogen and oxygen atoms in total. The quantitative estimate of drug-likeness (QED) is 0.326. The number of nitrogens with one attached hydrogen (secondary N) is 2. The van der Waals surface area contributed by atoms with Crippen molar-refractivity contribution in [2.45, 2.75) is 50.7 Å². The average Bonchev–Trinajstić information content (AvgIpc) is 3.15. The molecule has 0 aromatic heterocycles. The van der Waals surface area contributed by atoms with Crippen molar-refractivity contribution in [1.82, 2.24) is 10.6 Å². The lowest BCUT2D eigenvalue weighted by Gasteiger charge is -2.63. The Morgan fingerprint density at radius 3 is 2.72 bits per heavy atom. The highest BCUT2D eigenvalue weighted by Gasteiger charge is 2.66. The molecule has 144 valence electrons. The molecule has 4 rings (SSSR count). The van der Waals surface area contributed by atoms with Gasteiger partial charge in [0.15, 0.2) is 5.96 Å². The van der Waals surface area contributed by atoms with Gasteiger partial charge in [-0.05, 0) is 32.1 Å². The van der Waals surface area contributed by atoms with Crippen molar-refractivity contribution in [3.63, 3.8) is 0 Å². The molecule has 4 aliphatic rings. The zero-order chi connectivity index (χ0) is 16.6. The first kappa shape index (κ1) is 19.6. The number of halogens is 1. The molecule has 4 atom stereocenters. The summed E-state index contributed by atoms with van der Waals surface area (Å²) < 4.78 is 11.6. The Hall–Kier alpha value is -0.120. The third kappa shape index (κ3) is 3.30. The lowest BCUT2D eigenvalue weighted by molar-refractivity contribution is -0.171. The molecule has 0 amide bonds. The SMILES string of the molecule is CN=C(NCC1(CCO)CCOC1)NC1C2CCOC2C12CCC2.I. The number of fused-ring (bicyclic) bond motifs is 2. The van der Waals surface area contributed by atoms with Crippen molar-refractivity contribution in [1.29, 1.82) is 0 Å². The Bertz CT molecular complexity index is 492. The second-order valence-electron chi connectivity index (χ2n) is 8.15. The largest absolute Gasteiger partial charge is 0.396 e. The van der Waals surface area contributed by atoms with E-state index < -0.39 is 0 Å². The summed E-state index contributed by atoms with van der Waals surface area (Å²) in [6.45, 7) is 3.45. The number of ether oxygens (including phenoxy) is 2. The molecule has 2 saturated carbocycles. The lowest BCUT2D eigenvalue weighted by Crippen LogP contribution is -2.72. The average molecular weight is 465 g/mol. The lowest BCUT2D eigenvalue weighted by atomic mass is 9.46. The number of guanidine groups is 1. The first-order valence-electron chi connectivity index (χ1n) is 9.50. The van der Waals surface area contributed by atoms with Crippen molar-refractivity contribution in [3.8, 4) is 0 Å². The van der Waals surface area contributed by atoms with Crippen molar-refractivity contribution in [3.05, 3.63) is 0 Å². The zero-order valence-electron chi connectivity index (χ0n) is 15.1. The van der Waals surface area contributed by atoms with E-state index in [1.807, 2.05) is 7.05 Å². The summed E-state index contributed by atoms with van der Waals surface area (Å²) in [5, 5.41) is 16.6. The highest BCUT2D eigenvalue weighted by atomic mass is 127. The van der Waals surface area contributed by atoms with Crippen LogP contribution in [0.15, 0.2) is 4.99 Å². The van der Waals surface area contributed by atoms with Gasteiger partial charge in [0.1, 0.15) is 0 Å². The van der Waals surface area contributed by atoms with E-state index in [2.05, 4.69) is 15.6 Å². The van der Waals surface area contributed by atoms with E-state index in [0.29, 0.717) is 23.5 Å². The first-order chi connectivity index (χ1) is 11.7. The summed E-state index contributed by atoms with van der Waals surface area (Å²) in [6, 6.07) is 0.499. The maximum atomic E-state index is 9.37. The summed E-state index contributed by atoms with van der Waals surface area (Å²) in [7, 11) is 1.84. The Labute approximate surface area is 167 Å². The van der Waals surface area contributed by atoms with E-state index in [4.69, 9.17) is 9.47 Å². The van der Waals surface area contributed by atoms with Crippen molar-refractivity contribution in [2.75, 3.05) is 40.0 Å². The third-order valence-electron chi connectivity index (χ3n) is 7.01. The topological polar surface area (TPSA) is 75.1 Å². The van der Waals surface area contributed by atoms with Gasteiger partial charge in [0.25, 0.3) is 0 Å². The minimum absolute atomic E-state index is 0. The van der Waals surface area contributed by atoms with Crippen LogP contribution >= 0.6 is 24.0 Å². The molecule has 2 aliphatic heterocycles. The Kier molecular flexibility index (Phi) is 6.17. The van der Waals surface area contributed by atoms with Crippen molar-refractivity contribution >= 4 is 29.9 Å². The van der Waals surface area contributed by atoms with Crippen molar-refractivity contribution in [2.24, 2.45) is 21.7 Å². The number of rotatable bonds is 5. The van der Waals surface area contributed by atoms with E-state index in [0.717, 1.165) is 45.2 Å². The smallest absolute Gasteiger partial charge is 0.191 e. The Morgan fingerprint density at radius 2 is 2.12 bits per heavy atom. The van der Waals surface area contributed by atoms with Crippen LogP contribution < -0.4 is 10.6 Å². The zero-order valence-corrected chi connectivity index (χ0v) is 17.5. The molecule has 1 spiro atoms. The van der Waals surface area contributed by atoms with Crippen LogP contribution in [0.2, 0.25) is 0 Å². The predicted octanol–water partition coefficient (Wildman–Crippen LogP) is 1.52. The molecular weight excluding hydrogens is 433 g/mol. The molecule has 7 heteroatoms. The maximum absolute atomic E-state index is 9.37. The summed E-state index contributed by atoms with van der Waals surface area (Å²) in [4.78, 5) is 4.45. The first-order valence-corrected chi connectivity index (χ1v) is 9.50. The second kappa shape index (κ2) is 7.86. The number of hydrogen-bond donors (Lipinski definition) is 3. The monoisotopic (exact) mass is 465 g/mol. The summed E-state index contributed by atoms with van der Waals surface area (Å²) >= 11 is 0. The van der Waals surface area contributed by atoms with Gasteiger partial charge in [0.05, 0.1) is 12.7 Å². The summed E-state index contributed by atoms with van der Waals surface area (Å²) in [6.07, 6.45) is 7.32. The number of hydrogen-bond acceptors (Lipinski definition) is 4. The fourth-order valence-electron chi connectivity index (χ4n) is 5.38. The van der Waals surface area contributed by atoms with Crippen LogP contribution in [0.1, 0.15) is 38.5 Å². The van der Waals surface area contributed by atoms with E-state index >= 15 is 0 Å². The normalized spacial score (nSPS) is 38.5. The van der Waals surface area contributed by atoms with Crippen LogP contribution in [0.3, 0.4) is 0 Å². The van der Waals surface area contributed by atoms with Gasteiger partial charge in [-0.3, -0.25) is 4.99 Å². The fourth-order valence-corrected chi connectivity index (χ4v) is 5.38. The molecule has 2 aliphatic carbocycles. The van der Waals surface area contributed by atoms with Gasteiger partial charge >= 0.3 is 0 Å². The van der Waals surface area contributed by atoms with Gasteiger partial charge in [-0.1, -0.05) is 6.42 Å². The molecule has 0 aromatic carbocycles. The van der Waals surface area contributed by atoms with Crippen LogP contribution in [0.5, 0.6) is 0 Å². The Morgan fingerprint density at radius 1 is 1.28 bits per heavy atom. The van der Waals surface area contributed by atoms with Crippen molar-refractivity contribution < 1.29 is 14.6 Å². The number of aliphatic imine (C=N–C) groups is 1. The molecule has 2 heterocycles. The van der Waals surface area contributed by atoms with Gasteiger partial charge in [-0.25, -0.2) is 0 Å². The highest BCUT2D eigenvalue weighted by molar-refractivity contribution is 14.0. The molecule has 3 N–H and O–H groups in total. The molecule has 0 bridgehead atoms. The molecule has 2 saturated heterocycles. The van der Waals surface area contributed by atoms with E-state index in [-0.39, 0.29) is 36.0 Å².